The van der Waals surface area contributed by atoms with Gasteiger partial charge in [-0.2, -0.15) is 0 Å². The van der Waals surface area contributed by atoms with Crippen LogP contribution < -0.4 is 24.2 Å². The third-order valence-corrected chi connectivity index (χ3v) is 12.3. The van der Waals surface area contributed by atoms with E-state index in [4.69, 9.17) is 19.4 Å². The van der Waals surface area contributed by atoms with Crippen LogP contribution in [-0.2, 0) is 5.41 Å². The number of nitrogens with zero attached hydrogens (tertiary/aromatic N) is 5. The van der Waals surface area contributed by atoms with Gasteiger partial charge in [-0.3, -0.25) is 9.97 Å². The molecule has 0 saturated carbocycles. The molecule has 282 valence electrons. The summed E-state index contributed by atoms with van der Waals surface area (Å²) in [6, 6.07) is 66.2. The molecule has 5 heterocycles. The van der Waals surface area contributed by atoms with Crippen molar-refractivity contribution in [2.75, 3.05) is 14.7 Å². The lowest BCUT2D eigenvalue weighted by molar-refractivity contribution is 0.477. The van der Waals surface area contributed by atoms with Crippen LogP contribution in [0.15, 0.2) is 200 Å². The number of pyridine rings is 2. The topological polar surface area (TPSA) is 54.0 Å². The second-order valence-electron chi connectivity index (χ2n) is 15.4. The summed E-state index contributed by atoms with van der Waals surface area (Å²) in [7, 11) is 0. The maximum atomic E-state index is 6.49. The summed E-state index contributed by atoms with van der Waals surface area (Å²) < 4.78 is 13.0. The lowest BCUT2D eigenvalue weighted by Gasteiger charge is -2.46. The Bertz CT molecular complexity index is 2930. The molecule has 1 aliphatic carbocycles. The van der Waals surface area contributed by atoms with Gasteiger partial charge in [0.2, 0.25) is 0 Å². The second kappa shape index (κ2) is 12.4. The van der Waals surface area contributed by atoms with Crippen LogP contribution in [0, 0.1) is 0 Å². The van der Waals surface area contributed by atoms with E-state index in [1.807, 2.05) is 60.9 Å². The molecule has 0 saturated heterocycles. The minimum Gasteiger partial charge on any atom is -0.453 e. The van der Waals surface area contributed by atoms with Crippen LogP contribution >= 0.6 is 0 Å². The number of fused-ring (bicyclic) bond motifs is 13. The number of para-hydroxylation sites is 9. The van der Waals surface area contributed by atoms with Gasteiger partial charge in [0.1, 0.15) is 0 Å². The Labute approximate surface area is 346 Å². The SMILES string of the molecule is c1ccc(N2c3ccc(N4c5ccccc5Oc5ccccc54)cc3C3(c4cc(N5c6ccccc6Oc6ccccc65)ccc42)c2cccnc2-c2ncccc23)cc1. The first-order valence-electron chi connectivity index (χ1n) is 20.1. The molecule has 2 aromatic heterocycles. The number of hydrogen-bond acceptors (Lipinski definition) is 7. The van der Waals surface area contributed by atoms with E-state index in [0.29, 0.717) is 0 Å². The highest BCUT2D eigenvalue weighted by Gasteiger charge is 2.53. The number of hydrogen-bond donors (Lipinski definition) is 0. The number of anilines is 9. The molecule has 0 fully saturated rings. The zero-order valence-corrected chi connectivity index (χ0v) is 32.1. The summed E-state index contributed by atoms with van der Waals surface area (Å²) in [6.45, 7) is 0. The summed E-state index contributed by atoms with van der Waals surface area (Å²) in [4.78, 5) is 17.2. The first-order chi connectivity index (χ1) is 29.8. The minimum atomic E-state index is -0.814. The number of aromatic nitrogens is 2. The van der Waals surface area contributed by atoms with Gasteiger partial charge in [0.05, 0.1) is 50.9 Å². The van der Waals surface area contributed by atoms with Crippen LogP contribution in [0.3, 0.4) is 0 Å². The molecule has 3 aliphatic heterocycles. The molecule has 60 heavy (non-hydrogen) atoms. The summed E-state index contributed by atoms with van der Waals surface area (Å²) >= 11 is 0. The summed E-state index contributed by atoms with van der Waals surface area (Å²) in [6.07, 6.45) is 3.76. The van der Waals surface area contributed by atoms with Crippen molar-refractivity contribution in [3.63, 3.8) is 0 Å². The fourth-order valence-corrected chi connectivity index (χ4v) is 9.93. The van der Waals surface area contributed by atoms with E-state index in [9.17, 15) is 0 Å². The Balaban J connectivity index is 1.15. The van der Waals surface area contributed by atoms with E-state index >= 15 is 0 Å². The maximum Gasteiger partial charge on any atom is 0.151 e. The molecule has 0 radical (unpaired) electrons. The van der Waals surface area contributed by atoms with Crippen molar-refractivity contribution >= 4 is 51.2 Å². The average Bonchev–Trinajstić information content (AvgIpc) is 3.61. The Morgan fingerprint density at radius 3 is 1.13 bits per heavy atom. The highest BCUT2D eigenvalue weighted by Crippen LogP contribution is 2.65. The van der Waals surface area contributed by atoms with E-state index in [-0.39, 0.29) is 0 Å². The average molecular weight is 772 g/mol. The molecule has 4 aliphatic rings. The molecule has 0 bridgehead atoms. The third-order valence-electron chi connectivity index (χ3n) is 12.3. The smallest absolute Gasteiger partial charge is 0.151 e. The van der Waals surface area contributed by atoms with Crippen molar-refractivity contribution in [1.29, 1.82) is 0 Å². The van der Waals surface area contributed by atoms with Crippen LogP contribution in [0.5, 0.6) is 23.0 Å². The minimum absolute atomic E-state index is 0.806. The highest BCUT2D eigenvalue weighted by atomic mass is 16.5. The molecule has 13 rings (SSSR count). The molecule has 7 nitrogen and oxygen atoms in total. The van der Waals surface area contributed by atoms with Crippen LogP contribution in [0.2, 0.25) is 0 Å². The lowest BCUT2D eigenvalue weighted by atomic mass is 9.64. The largest absolute Gasteiger partial charge is 0.453 e. The molecule has 9 aromatic rings. The maximum absolute atomic E-state index is 6.49. The Morgan fingerprint density at radius 2 is 0.700 bits per heavy atom. The first-order valence-corrected chi connectivity index (χ1v) is 20.1. The molecular formula is C53H33N5O2. The van der Waals surface area contributed by atoms with E-state index in [2.05, 4.69) is 154 Å². The van der Waals surface area contributed by atoms with Gasteiger partial charge >= 0.3 is 0 Å². The van der Waals surface area contributed by atoms with Gasteiger partial charge < -0.3 is 24.2 Å². The highest BCUT2D eigenvalue weighted by molar-refractivity contribution is 5.98. The molecule has 7 aromatic carbocycles. The predicted molar refractivity (Wildman–Crippen MR) is 237 cm³/mol. The predicted octanol–water partition coefficient (Wildman–Crippen LogP) is 13.8. The standard InChI is InChI=1S/C53H33N5O2/c1-2-14-34(15-3-1)56-41-28-26-35(57-43-18-4-8-22-47(43)59-48-23-9-5-19-44(48)57)32-39(41)53(37-16-12-30-54-51(37)52-38(53)17-13-31-55-52)40-33-36(27-29-42(40)56)58-45-20-6-10-24-49(45)60-50-25-11-7-21-46(50)58/h1-33H. The van der Waals surface area contributed by atoms with Gasteiger partial charge in [0, 0.05) is 29.5 Å². The van der Waals surface area contributed by atoms with Crippen LogP contribution in [0.25, 0.3) is 11.4 Å². The van der Waals surface area contributed by atoms with Gasteiger partial charge in [-0.1, -0.05) is 78.9 Å². The summed E-state index contributed by atoms with van der Waals surface area (Å²) in [5, 5.41) is 0. The van der Waals surface area contributed by atoms with Gasteiger partial charge in [0.15, 0.2) is 23.0 Å². The van der Waals surface area contributed by atoms with Crippen molar-refractivity contribution in [1.82, 2.24) is 9.97 Å². The molecule has 0 unspecified atom stereocenters. The van der Waals surface area contributed by atoms with Crippen molar-refractivity contribution in [3.8, 4) is 34.4 Å². The molecule has 1 spiro atoms. The van der Waals surface area contributed by atoms with Crippen molar-refractivity contribution < 1.29 is 9.47 Å². The third kappa shape index (κ3) is 4.43. The molecule has 7 heteroatoms. The van der Waals surface area contributed by atoms with Gasteiger partial charge in [-0.05, 0) is 131 Å². The van der Waals surface area contributed by atoms with E-state index in [0.717, 1.165) is 108 Å². The van der Waals surface area contributed by atoms with E-state index in [1.165, 1.54) is 0 Å². The van der Waals surface area contributed by atoms with Crippen LogP contribution in [0.4, 0.5) is 51.2 Å². The second-order valence-corrected chi connectivity index (χ2v) is 15.4. The monoisotopic (exact) mass is 771 g/mol. The number of ether oxygens (including phenoxy) is 2. The number of rotatable bonds is 3. The normalized spacial score (nSPS) is 14.3. The van der Waals surface area contributed by atoms with Crippen molar-refractivity contribution in [2.24, 2.45) is 0 Å². The molecule has 0 N–H and O–H groups in total. The lowest BCUT2D eigenvalue weighted by Crippen LogP contribution is -2.36. The first kappa shape index (κ1) is 32.9. The fourth-order valence-electron chi connectivity index (χ4n) is 9.93. The summed E-state index contributed by atoms with van der Waals surface area (Å²) in [5.41, 5.74) is 14.5. The summed E-state index contributed by atoms with van der Waals surface area (Å²) in [5.74, 6) is 3.22. The molecule has 0 atom stereocenters. The molecule has 0 amide bonds. The van der Waals surface area contributed by atoms with E-state index in [1.54, 1.807) is 0 Å². The van der Waals surface area contributed by atoms with Gasteiger partial charge in [-0.25, -0.2) is 0 Å². The van der Waals surface area contributed by atoms with Crippen LogP contribution in [0.1, 0.15) is 22.3 Å². The van der Waals surface area contributed by atoms with Gasteiger partial charge in [-0.15, -0.1) is 0 Å². The van der Waals surface area contributed by atoms with Gasteiger partial charge in [0.25, 0.3) is 0 Å². The Kier molecular flexibility index (Phi) is 6.81. The quantitative estimate of drug-likeness (QED) is 0.177. The zero-order chi connectivity index (χ0) is 39.4. The van der Waals surface area contributed by atoms with Crippen LogP contribution in [-0.4, -0.2) is 9.97 Å². The fraction of sp³-hybridized carbons (Fsp3) is 0.0189. The number of benzene rings is 7. The van der Waals surface area contributed by atoms with Crippen molar-refractivity contribution in [2.45, 2.75) is 5.41 Å². The Morgan fingerprint density at radius 1 is 0.317 bits per heavy atom. The van der Waals surface area contributed by atoms with E-state index < -0.39 is 5.41 Å². The Hall–Kier alpha value is -8.16. The molecular weight excluding hydrogens is 739 g/mol. The van der Waals surface area contributed by atoms with Crippen molar-refractivity contribution in [3.05, 3.63) is 223 Å². The zero-order valence-electron chi connectivity index (χ0n) is 32.1.